The van der Waals surface area contributed by atoms with Gasteiger partial charge >= 0.3 is 0 Å². The van der Waals surface area contributed by atoms with Crippen molar-refractivity contribution in [2.45, 2.75) is 0 Å². The van der Waals surface area contributed by atoms with E-state index in [-0.39, 0.29) is 5.91 Å². The summed E-state index contributed by atoms with van der Waals surface area (Å²) < 4.78 is 5.09. The number of hydrogen-bond acceptors (Lipinski definition) is 2. The van der Waals surface area contributed by atoms with Crippen LogP contribution in [0.25, 0.3) is 0 Å². The molecular formula is C9H7NO2. The van der Waals surface area contributed by atoms with Crippen LogP contribution in [0.4, 0.5) is 0 Å². The molecule has 0 aromatic heterocycles. The average molecular weight is 161 g/mol. The van der Waals surface area contributed by atoms with Crippen LogP contribution in [-0.2, 0) is 0 Å². The maximum absolute atomic E-state index is 11.3. The first-order chi connectivity index (χ1) is 5.88. The number of fused-ring (bicyclic) bond motifs is 1. The molecule has 12 heavy (non-hydrogen) atoms. The number of carbonyl (C=O) groups excluding carboxylic acids is 1. The zero-order valence-corrected chi connectivity index (χ0v) is 6.33. The van der Waals surface area contributed by atoms with E-state index in [9.17, 15) is 4.79 Å². The van der Waals surface area contributed by atoms with Crippen molar-refractivity contribution in [3.05, 3.63) is 36.4 Å². The van der Waals surface area contributed by atoms with Gasteiger partial charge in [0.1, 0.15) is 5.75 Å². The Morgan fingerprint density at radius 2 is 2.25 bits per heavy atom. The Morgan fingerprint density at radius 1 is 1.42 bits per heavy atom. The topological polar surface area (TPSA) is 38.3 Å². The number of rotatable bonds is 0. The summed E-state index contributed by atoms with van der Waals surface area (Å²) in [5, 5.41) is 2.63. The van der Waals surface area contributed by atoms with E-state index in [1.54, 1.807) is 18.2 Å². The molecule has 1 aliphatic heterocycles. The third-order valence-corrected chi connectivity index (χ3v) is 1.63. The maximum atomic E-state index is 11.3. The molecule has 0 aliphatic carbocycles. The fourth-order valence-electron chi connectivity index (χ4n) is 1.07. The van der Waals surface area contributed by atoms with Crippen LogP contribution in [0.15, 0.2) is 24.3 Å². The van der Waals surface area contributed by atoms with Gasteiger partial charge in [0.15, 0.2) is 0 Å². The Labute approximate surface area is 70.3 Å². The molecule has 0 saturated carbocycles. The van der Waals surface area contributed by atoms with Gasteiger partial charge in [-0.05, 0) is 12.1 Å². The lowest BCUT2D eigenvalue weighted by Gasteiger charge is -2.01. The number of hydrogen-bond donors (Lipinski definition) is 1. The largest absolute Gasteiger partial charge is 0.476 e. The zero-order valence-electron chi connectivity index (χ0n) is 6.33. The molecule has 1 N–H and O–H groups in total. The number of carbonyl (C=O) groups is 1. The molecule has 0 atom stereocenters. The summed E-state index contributed by atoms with van der Waals surface area (Å²) >= 11 is 0. The van der Waals surface area contributed by atoms with Crippen LogP contribution in [0.5, 0.6) is 5.75 Å². The van der Waals surface area contributed by atoms with Gasteiger partial charge in [-0.25, -0.2) is 0 Å². The highest BCUT2D eigenvalue weighted by molar-refractivity contribution is 5.97. The Morgan fingerprint density at radius 3 is 3.17 bits per heavy atom. The first kappa shape index (κ1) is 7.16. The quantitative estimate of drug-likeness (QED) is 0.612. The lowest BCUT2D eigenvalue weighted by Crippen LogP contribution is -2.22. The van der Waals surface area contributed by atoms with Crippen molar-refractivity contribution in [2.24, 2.45) is 0 Å². The normalized spacial score (nSPS) is 15.5. The highest BCUT2D eigenvalue weighted by Gasteiger charge is 2.15. The molecule has 3 nitrogen and oxygen atoms in total. The predicted molar refractivity (Wildman–Crippen MR) is 42.6 cm³/mol. The number of para-hydroxylation sites is 1. The summed E-state index contributed by atoms with van der Waals surface area (Å²) in [6, 6.07) is 7.08. The van der Waals surface area contributed by atoms with Crippen LogP contribution in [0, 0.1) is 6.61 Å². The highest BCUT2D eigenvalue weighted by atomic mass is 16.5. The number of amides is 1. The monoisotopic (exact) mass is 161 g/mol. The Hall–Kier alpha value is -1.51. The van der Waals surface area contributed by atoms with Gasteiger partial charge in [-0.2, -0.15) is 0 Å². The summed E-state index contributed by atoms with van der Waals surface area (Å²) in [6.07, 6.45) is 0. The summed E-state index contributed by atoms with van der Waals surface area (Å²) in [7, 11) is 0. The van der Waals surface area contributed by atoms with Crippen LogP contribution < -0.4 is 10.1 Å². The average Bonchev–Trinajstić information content (AvgIpc) is 2.29. The van der Waals surface area contributed by atoms with Gasteiger partial charge in [-0.15, -0.1) is 0 Å². The molecule has 2 radical (unpaired) electrons. The molecule has 1 aromatic carbocycles. The van der Waals surface area contributed by atoms with E-state index in [0.29, 0.717) is 17.9 Å². The smallest absolute Gasteiger partial charge is 0.255 e. The number of nitrogens with one attached hydrogen (secondary N) is 1. The van der Waals surface area contributed by atoms with E-state index in [1.807, 2.05) is 6.07 Å². The zero-order chi connectivity index (χ0) is 8.39. The third kappa shape index (κ3) is 1.13. The molecule has 0 unspecified atom stereocenters. The predicted octanol–water partition coefficient (Wildman–Crippen LogP) is 0.848. The molecule has 0 fully saturated rings. The van der Waals surface area contributed by atoms with Gasteiger partial charge in [0.2, 0.25) is 6.61 Å². The van der Waals surface area contributed by atoms with E-state index in [4.69, 9.17) is 4.74 Å². The number of ether oxygens (including phenoxy) is 1. The van der Waals surface area contributed by atoms with Gasteiger partial charge in [0.05, 0.1) is 12.1 Å². The van der Waals surface area contributed by atoms with Crippen LogP contribution in [0.2, 0.25) is 0 Å². The third-order valence-electron chi connectivity index (χ3n) is 1.63. The van der Waals surface area contributed by atoms with E-state index < -0.39 is 0 Å². The van der Waals surface area contributed by atoms with Crippen molar-refractivity contribution in [2.75, 3.05) is 6.54 Å². The van der Waals surface area contributed by atoms with Crippen molar-refractivity contribution in [3.8, 4) is 5.75 Å². The van der Waals surface area contributed by atoms with Gasteiger partial charge in [0.25, 0.3) is 5.91 Å². The minimum Gasteiger partial charge on any atom is -0.476 e. The van der Waals surface area contributed by atoms with Crippen molar-refractivity contribution in [1.82, 2.24) is 5.32 Å². The van der Waals surface area contributed by atoms with Crippen molar-refractivity contribution in [1.29, 1.82) is 0 Å². The van der Waals surface area contributed by atoms with Gasteiger partial charge in [-0.3, -0.25) is 4.79 Å². The molecule has 1 amide bonds. The second kappa shape index (κ2) is 2.85. The standard InChI is InChI=1S/C9H7NO2/c11-9-7-3-1-2-4-8(7)12-6-5-10-9/h1-4H,5H2,(H,10,11). The molecule has 1 heterocycles. The Bertz CT molecular complexity index is 309. The number of benzene rings is 1. The Kier molecular flexibility index (Phi) is 1.70. The van der Waals surface area contributed by atoms with E-state index in [2.05, 4.69) is 11.9 Å². The molecule has 1 aromatic rings. The minimum atomic E-state index is -0.115. The van der Waals surface area contributed by atoms with Crippen molar-refractivity contribution in [3.63, 3.8) is 0 Å². The first-order valence-electron chi connectivity index (χ1n) is 3.65. The molecule has 0 spiro atoms. The molecule has 0 bridgehead atoms. The molecule has 3 heteroatoms. The summed E-state index contributed by atoms with van der Waals surface area (Å²) in [5.41, 5.74) is 0.558. The summed E-state index contributed by atoms with van der Waals surface area (Å²) in [5.74, 6) is 0.447. The van der Waals surface area contributed by atoms with Gasteiger partial charge in [-0.1, -0.05) is 12.1 Å². The lowest BCUT2D eigenvalue weighted by molar-refractivity contribution is 0.0959. The molecule has 0 saturated heterocycles. The van der Waals surface area contributed by atoms with Gasteiger partial charge < -0.3 is 10.1 Å². The fraction of sp³-hybridized carbons (Fsp3) is 0.111. The minimum absolute atomic E-state index is 0.115. The van der Waals surface area contributed by atoms with Crippen LogP contribution in [0.3, 0.4) is 0 Å². The Balaban J connectivity index is 2.46. The second-order valence-electron chi connectivity index (χ2n) is 2.43. The fourth-order valence-corrected chi connectivity index (χ4v) is 1.07. The first-order valence-corrected chi connectivity index (χ1v) is 3.65. The van der Waals surface area contributed by atoms with Crippen LogP contribution in [0.1, 0.15) is 10.4 Å². The SMILES string of the molecule is O=C1NC[C]Oc2ccccc21. The van der Waals surface area contributed by atoms with Crippen LogP contribution in [-0.4, -0.2) is 12.5 Å². The lowest BCUT2D eigenvalue weighted by atomic mass is 10.2. The van der Waals surface area contributed by atoms with Gasteiger partial charge in [0, 0.05) is 0 Å². The van der Waals surface area contributed by atoms with E-state index >= 15 is 0 Å². The summed E-state index contributed by atoms with van der Waals surface area (Å²) in [4.78, 5) is 11.3. The van der Waals surface area contributed by atoms with E-state index in [0.717, 1.165) is 0 Å². The van der Waals surface area contributed by atoms with E-state index in [1.165, 1.54) is 0 Å². The summed E-state index contributed by atoms with van der Waals surface area (Å²) in [6.45, 7) is 2.93. The van der Waals surface area contributed by atoms with Crippen molar-refractivity contribution >= 4 is 5.91 Å². The molecular weight excluding hydrogens is 154 g/mol. The second-order valence-corrected chi connectivity index (χ2v) is 2.43. The molecule has 1 aliphatic rings. The highest BCUT2D eigenvalue weighted by Crippen LogP contribution is 2.19. The maximum Gasteiger partial charge on any atom is 0.255 e. The molecule has 60 valence electrons. The van der Waals surface area contributed by atoms with Crippen molar-refractivity contribution < 1.29 is 9.53 Å². The molecule has 2 rings (SSSR count). The van der Waals surface area contributed by atoms with Crippen LogP contribution >= 0.6 is 0 Å².